The summed E-state index contributed by atoms with van der Waals surface area (Å²) in [6, 6.07) is 0.127. The maximum Gasteiger partial charge on any atom is 0.0635 e. The van der Waals surface area contributed by atoms with Crippen molar-refractivity contribution in [3.05, 3.63) is 11.8 Å². The Morgan fingerprint density at radius 2 is 2.00 bits per heavy atom. The number of rotatable bonds is 3. The van der Waals surface area contributed by atoms with Crippen LogP contribution in [0.3, 0.4) is 0 Å². The largest absolute Gasteiger partial charge is 0.401 e. The highest BCUT2D eigenvalue weighted by atomic mass is 14.9. The first-order valence-corrected chi connectivity index (χ1v) is 5.03. The van der Waals surface area contributed by atoms with Crippen LogP contribution in [0.5, 0.6) is 0 Å². The fraction of sp³-hybridized carbons (Fsp3) is 0.700. The first kappa shape index (κ1) is 11.2. The molecule has 1 aliphatic rings. The number of aliphatic imine (C=N–C) groups is 1. The van der Waals surface area contributed by atoms with Crippen molar-refractivity contribution in [1.29, 1.82) is 0 Å². The number of dihydropyridines is 1. The molecule has 1 atom stereocenters. The minimum atomic E-state index is -0.325. The van der Waals surface area contributed by atoms with Gasteiger partial charge < -0.3 is 17.2 Å². The van der Waals surface area contributed by atoms with E-state index in [1.54, 1.807) is 0 Å². The molecule has 0 aromatic rings. The van der Waals surface area contributed by atoms with Gasteiger partial charge in [0.05, 0.1) is 11.5 Å². The van der Waals surface area contributed by atoms with Gasteiger partial charge in [0, 0.05) is 24.5 Å². The van der Waals surface area contributed by atoms with Crippen LogP contribution in [0.1, 0.15) is 20.3 Å². The lowest BCUT2D eigenvalue weighted by Crippen LogP contribution is -2.51. The van der Waals surface area contributed by atoms with Gasteiger partial charge in [-0.3, -0.25) is 4.99 Å². The van der Waals surface area contributed by atoms with E-state index in [1.165, 1.54) is 0 Å². The number of hydrogen-bond acceptors (Lipinski definition) is 4. The predicted molar refractivity (Wildman–Crippen MR) is 60.0 cm³/mol. The Morgan fingerprint density at radius 1 is 1.43 bits per heavy atom. The maximum atomic E-state index is 6.01. The SMILES string of the molecule is CCC1N=C(C)C=C(N)C1(CN)CN. The summed E-state index contributed by atoms with van der Waals surface area (Å²) in [6.45, 7) is 4.95. The molecule has 0 amide bonds. The van der Waals surface area contributed by atoms with E-state index >= 15 is 0 Å². The van der Waals surface area contributed by atoms with Crippen LogP contribution in [-0.4, -0.2) is 24.8 Å². The van der Waals surface area contributed by atoms with Crippen molar-refractivity contribution < 1.29 is 0 Å². The van der Waals surface area contributed by atoms with E-state index < -0.39 is 0 Å². The fourth-order valence-corrected chi connectivity index (χ4v) is 2.04. The molecule has 0 fully saturated rings. The number of nitrogens with zero attached hydrogens (tertiary/aromatic N) is 1. The van der Waals surface area contributed by atoms with Crippen LogP contribution in [0.4, 0.5) is 0 Å². The molecule has 0 aromatic heterocycles. The van der Waals surface area contributed by atoms with Gasteiger partial charge in [-0.15, -0.1) is 0 Å². The Morgan fingerprint density at radius 3 is 2.43 bits per heavy atom. The molecule has 0 radical (unpaired) electrons. The second-order valence-corrected chi connectivity index (χ2v) is 3.86. The molecule has 0 saturated heterocycles. The maximum absolute atomic E-state index is 6.01. The molecule has 1 aliphatic heterocycles. The quantitative estimate of drug-likeness (QED) is 0.592. The molecule has 0 bridgehead atoms. The Balaban J connectivity index is 3.10. The normalized spacial score (nSPS) is 25.6. The highest BCUT2D eigenvalue weighted by molar-refractivity contribution is 5.94. The lowest BCUT2D eigenvalue weighted by atomic mass is 9.74. The molecule has 4 nitrogen and oxygen atoms in total. The third-order valence-corrected chi connectivity index (χ3v) is 3.05. The van der Waals surface area contributed by atoms with Crippen LogP contribution in [0, 0.1) is 5.41 Å². The summed E-state index contributed by atoms with van der Waals surface area (Å²) in [7, 11) is 0. The summed E-state index contributed by atoms with van der Waals surface area (Å²) < 4.78 is 0. The van der Waals surface area contributed by atoms with Gasteiger partial charge in [0.25, 0.3) is 0 Å². The molecule has 0 spiro atoms. The Hall–Kier alpha value is -0.870. The van der Waals surface area contributed by atoms with Gasteiger partial charge in [-0.25, -0.2) is 0 Å². The Labute approximate surface area is 85.2 Å². The molecule has 0 aromatic carbocycles. The topological polar surface area (TPSA) is 90.4 Å². The highest BCUT2D eigenvalue weighted by Crippen LogP contribution is 2.33. The van der Waals surface area contributed by atoms with Crippen LogP contribution in [0.15, 0.2) is 16.8 Å². The van der Waals surface area contributed by atoms with Gasteiger partial charge >= 0.3 is 0 Å². The van der Waals surface area contributed by atoms with E-state index in [1.807, 2.05) is 13.0 Å². The predicted octanol–water partition coefficient (Wildman–Crippen LogP) is -0.0141. The smallest absolute Gasteiger partial charge is 0.0635 e. The molecule has 0 aliphatic carbocycles. The molecule has 1 rings (SSSR count). The zero-order valence-corrected chi connectivity index (χ0v) is 8.96. The second kappa shape index (κ2) is 4.11. The molecule has 1 heterocycles. The van der Waals surface area contributed by atoms with E-state index in [2.05, 4.69) is 11.9 Å². The van der Waals surface area contributed by atoms with Gasteiger partial charge in [0.1, 0.15) is 0 Å². The first-order valence-electron chi connectivity index (χ1n) is 5.03. The van der Waals surface area contributed by atoms with Crippen LogP contribution in [-0.2, 0) is 0 Å². The monoisotopic (exact) mass is 196 g/mol. The fourth-order valence-electron chi connectivity index (χ4n) is 2.04. The van der Waals surface area contributed by atoms with Gasteiger partial charge in [-0.2, -0.15) is 0 Å². The molecule has 6 N–H and O–H groups in total. The van der Waals surface area contributed by atoms with Crippen molar-refractivity contribution in [3.8, 4) is 0 Å². The molecule has 1 unspecified atom stereocenters. The Kier molecular flexibility index (Phi) is 3.29. The molecular formula is C10H20N4. The second-order valence-electron chi connectivity index (χ2n) is 3.86. The van der Waals surface area contributed by atoms with Crippen LogP contribution < -0.4 is 17.2 Å². The van der Waals surface area contributed by atoms with Gasteiger partial charge in [0.2, 0.25) is 0 Å². The molecule has 0 saturated carbocycles. The average molecular weight is 196 g/mol. The van der Waals surface area contributed by atoms with Crippen molar-refractivity contribution in [2.24, 2.45) is 27.6 Å². The van der Waals surface area contributed by atoms with Crippen molar-refractivity contribution in [1.82, 2.24) is 0 Å². The van der Waals surface area contributed by atoms with Gasteiger partial charge in [0.15, 0.2) is 0 Å². The van der Waals surface area contributed by atoms with Gasteiger partial charge in [-0.1, -0.05) is 6.92 Å². The summed E-state index contributed by atoms with van der Waals surface area (Å²) in [6.07, 6.45) is 2.80. The van der Waals surface area contributed by atoms with E-state index in [-0.39, 0.29) is 11.5 Å². The first-order chi connectivity index (χ1) is 6.60. The minimum absolute atomic E-state index is 0.127. The zero-order chi connectivity index (χ0) is 10.8. The molecule has 4 heteroatoms. The van der Waals surface area contributed by atoms with Crippen molar-refractivity contribution in [2.45, 2.75) is 26.3 Å². The summed E-state index contributed by atoms with van der Waals surface area (Å²) in [5.41, 5.74) is 19.0. The van der Waals surface area contributed by atoms with Crippen molar-refractivity contribution in [3.63, 3.8) is 0 Å². The van der Waals surface area contributed by atoms with E-state index in [0.717, 1.165) is 17.8 Å². The van der Waals surface area contributed by atoms with Crippen LogP contribution >= 0.6 is 0 Å². The zero-order valence-electron chi connectivity index (χ0n) is 8.96. The highest BCUT2D eigenvalue weighted by Gasteiger charge is 2.39. The molecule has 14 heavy (non-hydrogen) atoms. The lowest BCUT2D eigenvalue weighted by molar-refractivity contribution is 0.288. The number of allylic oxidation sites excluding steroid dienone is 1. The summed E-state index contributed by atoms with van der Waals surface area (Å²) in [5, 5.41) is 0. The van der Waals surface area contributed by atoms with E-state index in [0.29, 0.717) is 13.1 Å². The third kappa shape index (κ3) is 1.55. The summed E-state index contributed by atoms with van der Waals surface area (Å²) in [5.74, 6) is 0. The van der Waals surface area contributed by atoms with Crippen LogP contribution in [0.25, 0.3) is 0 Å². The molecule has 80 valence electrons. The minimum Gasteiger partial charge on any atom is -0.401 e. The lowest BCUT2D eigenvalue weighted by Gasteiger charge is -2.39. The Bertz CT molecular complexity index is 263. The average Bonchev–Trinajstić information content (AvgIpc) is 2.17. The number of hydrogen-bond donors (Lipinski definition) is 3. The third-order valence-electron chi connectivity index (χ3n) is 3.05. The van der Waals surface area contributed by atoms with E-state index in [4.69, 9.17) is 17.2 Å². The summed E-state index contributed by atoms with van der Waals surface area (Å²) in [4.78, 5) is 4.55. The van der Waals surface area contributed by atoms with E-state index in [9.17, 15) is 0 Å². The van der Waals surface area contributed by atoms with Crippen molar-refractivity contribution >= 4 is 5.71 Å². The van der Waals surface area contributed by atoms with Gasteiger partial charge in [-0.05, 0) is 19.4 Å². The van der Waals surface area contributed by atoms with Crippen LogP contribution in [0.2, 0.25) is 0 Å². The molecular weight excluding hydrogens is 176 g/mol. The van der Waals surface area contributed by atoms with Crippen molar-refractivity contribution in [2.75, 3.05) is 13.1 Å². The summed E-state index contributed by atoms with van der Waals surface area (Å²) >= 11 is 0. The number of nitrogens with two attached hydrogens (primary N) is 3. The standard InChI is InChI=1S/C10H20N4/c1-3-9-10(5-11,6-12)8(13)4-7(2)14-9/h4,9H,3,5-6,11-13H2,1-2H3.